The highest BCUT2D eigenvalue weighted by Gasteiger charge is 2.26. The largest absolute Gasteiger partial charge is 0.378 e. The molecule has 1 N–H and O–H groups in total. The topological polar surface area (TPSA) is 41.6 Å². The number of nitrogens with zero attached hydrogens (tertiary/aromatic N) is 1. The van der Waals surface area contributed by atoms with Crippen molar-refractivity contribution in [1.29, 1.82) is 0 Å². The average Bonchev–Trinajstić information content (AvgIpc) is 2.42. The Labute approximate surface area is 110 Å². The zero-order chi connectivity index (χ0) is 12.8. The first kappa shape index (κ1) is 13.8. The molecule has 2 aliphatic heterocycles. The molecule has 0 aromatic rings. The second-order valence-electron chi connectivity index (χ2n) is 5.35. The van der Waals surface area contributed by atoms with Gasteiger partial charge in [0, 0.05) is 19.2 Å². The maximum Gasteiger partial charge on any atom is 0.225 e. The molecule has 104 valence electrons. The Balaban J connectivity index is 1.83. The number of ether oxygens (including phenoxy) is 1. The van der Waals surface area contributed by atoms with Crippen molar-refractivity contribution in [2.24, 2.45) is 0 Å². The molecule has 1 amide bonds. The van der Waals surface area contributed by atoms with Gasteiger partial charge in [-0.05, 0) is 52.1 Å². The number of nitrogens with one attached hydrogen (secondary N) is 1. The summed E-state index contributed by atoms with van der Waals surface area (Å²) in [4.78, 5) is 14.4. The first-order valence-corrected chi connectivity index (χ1v) is 7.43. The number of hydrogen-bond acceptors (Lipinski definition) is 3. The summed E-state index contributed by atoms with van der Waals surface area (Å²) in [5.74, 6) is 0.288. The fourth-order valence-electron chi connectivity index (χ4n) is 3.04. The quantitative estimate of drug-likeness (QED) is 0.827. The third-order valence-electron chi connectivity index (χ3n) is 4.09. The van der Waals surface area contributed by atoms with Crippen LogP contribution in [0.3, 0.4) is 0 Å². The van der Waals surface area contributed by atoms with E-state index in [0.717, 1.165) is 51.9 Å². The molecule has 0 aromatic carbocycles. The van der Waals surface area contributed by atoms with Crippen molar-refractivity contribution in [3.63, 3.8) is 0 Å². The van der Waals surface area contributed by atoms with E-state index in [1.54, 1.807) is 0 Å². The molecule has 0 spiro atoms. The van der Waals surface area contributed by atoms with E-state index in [1.165, 1.54) is 6.42 Å². The van der Waals surface area contributed by atoms with E-state index < -0.39 is 0 Å². The van der Waals surface area contributed by atoms with Crippen LogP contribution in [0, 0.1) is 0 Å². The molecule has 2 fully saturated rings. The minimum Gasteiger partial charge on any atom is -0.378 e. The normalized spacial score (nSPS) is 25.9. The molecule has 0 saturated carbocycles. The van der Waals surface area contributed by atoms with Gasteiger partial charge in [-0.25, -0.2) is 0 Å². The highest BCUT2D eigenvalue weighted by Crippen LogP contribution is 2.19. The van der Waals surface area contributed by atoms with Crippen LogP contribution in [-0.2, 0) is 9.53 Å². The summed E-state index contributed by atoms with van der Waals surface area (Å²) in [6.07, 6.45) is 6.33. The Morgan fingerprint density at radius 3 is 2.67 bits per heavy atom. The van der Waals surface area contributed by atoms with E-state index in [-0.39, 0.29) is 12.0 Å². The molecule has 1 atom stereocenters. The lowest BCUT2D eigenvalue weighted by Crippen LogP contribution is -2.47. The lowest BCUT2D eigenvalue weighted by Gasteiger charge is -2.35. The highest BCUT2D eigenvalue weighted by atomic mass is 16.5. The van der Waals surface area contributed by atoms with E-state index in [4.69, 9.17) is 4.74 Å². The van der Waals surface area contributed by atoms with Crippen molar-refractivity contribution >= 4 is 5.91 Å². The van der Waals surface area contributed by atoms with Crippen molar-refractivity contribution in [1.82, 2.24) is 10.2 Å². The SMILES string of the molecule is CCN(C(=O)CC1CCCCO1)C1CCNCC1. The molecule has 4 nitrogen and oxygen atoms in total. The summed E-state index contributed by atoms with van der Waals surface area (Å²) in [5, 5.41) is 3.35. The lowest BCUT2D eigenvalue weighted by atomic mass is 10.0. The fraction of sp³-hybridized carbons (Fsp3) is 0.929. The van der Waals surface area contributed by atoms with Crippen LogP contribution in [0.25, 0.3) is 0 Å². The van der Waals surface area contributed by atoms with Crippen molar-refractivity contribution in [2.75, 3.05) is 26.2 Å². The number of carbonyl (C=O) groups is 1. The lowest BCUT2D eigenvalue weighted by molar-refractivity contribution is -0.137. The summed E-state index contributed by atoms with van der Waals surface area (Å²) in [7, 11) is 0. The van der Waals surface area contributed by atoms with Crippen LogP contribution in [0.5, 0.6) is 0 Å². The summed E-state index contributed by atoms with van der Waals surface area (Å²) in [6.45, 7) is 5.82. The summed E-state index contributed by atoms with van der Waals surface area (Å²) in [5.41, 5.74) is 0. The van der Waals surface area contributed by atoms with Crippen molar-refractivity contribution in [2.45, 2.75) is 57.6 Å². The maximum atomic E-state index is 12.4. The van der Waals surface area contributed by atoms with Gasteiger partial charge in [-0.15, -0.1) is 0 Å². The molecule has 2 saturated heterocycles. The monoisotopic (exact) mass is 254 g/mol. The van der Waals surface area contributed by atoms with Crippen molar-refractivity contribution < 1.29 is 9.53 Å². The smallest absolute Gasteiger partial charge is 0.225 e. The molecule has 0 aliphatic carbocycles. The third kappa shape index (κ3) is 3.69. The third-order valence-corrected chi connectivity index (χ3v) is 4.09. The van der Waals surface area contributed by atoms with Crippen LogP contribution in [0.1, 0.15) is 45.4 Å². The molecular formula is C14H26N2O2. The molecule has 0 bridgehead atoms. The van der Waals surface area contributed by atoms with Gasteiger partial charge in [0.15, 0.2) is 0 Å². The van der Waals surface area contributed by atoms with Crippen LogP contribution in [0.4, 0.5) is 0 Å². The van der Waals surface area contributed by atoms with Gasteiger partial charge in [-0.1, -0.05) is 0 Å². The van der Waals surface area contributed by atoms with Gasteiger partial charge in [0.1, 0.15) is 0 Å². The van der Waals surface area contributed by atoms with Gasteiger partial charge < -0.3 is 15.0 Å². The minimum absolute atomic E-state index is 0.169. The first-order valence-electron chi connectivity index (χ1n) is 7.43. The maximum absolute atomic E-state index is 12.4. The summed E-state index contributed by atoms with van der Waals surface area (Å²) >= 11 is 0. The summed E-state index contributed by atoms with van der Waals surface area (Å²) < 4.78 is 5.67. The van der Waals surface area contributed by atoms with Crippen LogP contribution >= 0.6 is 0 Å². The zero-order valence-corrected chi connectivity index (χ0v) is 11.5. The van der Waals surface area contributed by atoms with Crippen molar-refractivity contribution in [3.05, 3.63) is 0 Å². The molecule has 0 aromatic heterocycles. The van der Waals surface area contributed by atoms with Gasteiger partial charge in [0.2, 0.25) is 5.91 Å². The Bertz CT molecular complexity index is 259. The second kappa shape index (κ2) is 7.10. The van der Waals surface area contributed by atoms with E-state index in [2.05, 4.69) is 17.1 Å². The molecule has 2 rings (SSSR count). The zero-order valence-electron chi connectivity index (χ0n) is 11.5. The highest BCUT2D eigenvalue weighted by molar-refractivity contribution is 5.77. The van der Waals surface area contributed by atoms with Gasteiger partial charge in [0.05, 0.1) is 12.5 Å². The van der Waals surface area contributed by atoms with Crippen LogP contribution < -0.4 is 5.32 Å². The average molecular weight is 254 g/mol. The summed E-state index contributed by atoms with van der Waals surface area (Å²) in [6, 6.07) is 0.437. The Kier molecular flexibility index (Phi) is 5.45. The predicted octanol–water partition coefficient (Wildman–Crippen LogP) is 1.55. The second-order valence-corrected chi connectivity index (χ2v) is 5.35. The minimum atomic E-state index is 0.169. The number of carbonyl (C=O) groups excluding carboxylic acids is 1. The molecule has 2 heterocycles. The molecule has 2 aliphatic rings. The standard InChI is InChI=1S/C14H26N2O2/c1-2-16(12-6-8-15-9-7-12)14(17)11-13-5-3-4-10-18-13/h12-13,15H,2-11H2,1H3. The number of piperidine rings is 1. The van der Waals surface area contributed by atoms with Gasteiger partial charge >= 0.3 is 0 Å². The van der Waals surface area contributed by atoms with Gasteiger partial charge in [-0.3, -0.25) is 4.79 Å². The number of hydrogen-bond donors (Lipinski definition) is 1. The molecule has 18 heavy (non-hydrogen) atoms. The Hall–Kier alpha value is -0.610. The van der Waals surface area contributed by atoms with Crippen LogP contribution in [0.15, 0.2) is 0 Å². The molecule has 1 unspecified atom stereocenters. The number of rotatable bonds is 4. The Morgan fingerprint density at radius 1 is 1.28 bits per heavy atom. The Morgan fingerprint density at radius 2 is 2.06 bits per heavy atom. The van der Waals surface area contributed by atoms with Crippen molar-refractivity contribution in [3.8, 4) is 0 Å². The van der Waals surface area contributed by atoms with Crippen LogP contribution in [0.2, 0.25) is 0 Å². The molecule has 0 radical (unpaired) electrons. The van der Waals surface area contributed by atoms with Gasteiger partial charge in [-0.2, -0.15) is 0 Å². The van der Waals surface area contributed by atoms with E-state index >= 15 is 0 Å². The fourth-order valence-corrected chi connectivity index (χ4v) is 3.04. The van der Waals surface area contributed by atoms with E-state index in [0.29, 0.717) is 12.5 Å². The predicted molar refractivity (Wildman–Crippen MR) is 71.5 cm³/mol. The van der Waals surface area contributed by atoms with Crippen LogP contribution in [-0.4, -0.2) is 49.2 Å². The van der Waals surface area contributed by atoms with E-state index in [9.17, 15) is 4.79 Å². The number of amides is 1. The molecular weight excluding hydrogens is 228 g/mol. The van der Waals surface area contributed by atoms with Gasteiger partial charge in [0.25, 0.3) is 0 Å². The van der Waals surface area contributed by atoms with E-state index in [1.807, 2.05) is 0 Å². The molecule has 4 heteroatoms. The first-order chi connectivity index (χ1) is 8.81.